The molecular weight excluding hydrogens is 454 g/mol. The molecule has 1 aliphatic heterocycles. The van der Waals surface area contributed by atoms with Crippen molar-refractivity contribution in [2.75, 3.05) is 5.32 Å². The van der Waals surface area contributed by atoms with Gasteiger partial charge in [0.05, 0.1) is 16.6 Å². The molecule has 0 radical (unpaired) electrons. The number of fused-ring (bicyclic) bond motifs is 2. The molecule has 3 aromatic rings. The molecule has 0 bridgehead atoms. The van der Waals surface area contributed by atoms with Gasteiger partial charge in [-0.3, -0.25) is 0 Å². The average molecular weight is 490 g/mol. The highest BCUT2D eigenvalue weighted by atomic mass is 16.6. The molecule has 1 unspecified atom stereocenters. The molecule has 0 spiro atoms. The Morgan fingerprint density at radius 3 is 2.53 bits per heavy atom. The van der Waals surface area contributed by atoms with E-state index in [-0.39, 0.29) is 23.4 Å². The number of aromatic nitrogens is 3. The summed E-state index contributed by atoms with van der Waals surface area (Å²) in [6.45, 7) is 14.2. The molecule has 1 aliphatic carbocycles. The zero-order chi connectivity index (χ0) is 26.0. The standard InChI is InChI=1S/C28H35N5O3/c1-15(2)28(7,29)20-14-31-24(35-27(6)10-11-27)19-13-30-22(12-18(19)20)32-21-9-8-17-23(33-21)16(3)26(4,5)36-25(17)34/h8-9,12-16H,10-11,29H2,1-7H3,(H,30,32,33)/t16-,28?/m1/s1. The lowest BCUT2D eigenvalue weighted by atomic mass is 9.81. The predicted molar refractivity (Wildman–Crippen MR) is 140 cm³/mol. The second-order valence-electron chi connectivity index (χ2n) is 11.6. The number of nitrogens with one attached hydrogen (secondary N) is 1. The van der Waals surface area contributed by atoms with Gasteiger partial charge in [-0.15, -0.1) is 0 Å². The summed E-state index contributed by atoms with van der Waals surface area (Å²) in [6, 6.07) is 5.51. The van der Waals surface area contributed by atoms with Gasteiger partial charge in [0, 0.05) is 23.9 Å². The van der Waals surface area contributed by atoms with E-state index in [1.807, 2.05) is 40.0 Å². The van der Waals surface area contributed by atoms with Gasteiger partial charge in [0.2, 0.25) is 5.88 Å². The molecule has 2 atom stereocenters. The number of hydrogen-bond donors (Lipinski definition) is 2. The Bertz CT molecular complexity index is 1360. The molecule has 3 aromatic heterocycles. The Balaban J connectivity index is 1.56. The molecule has 5 rings (SSSR count). The molecule has 36 heavy (non-hydrogen) atoms. The lowest BCUT2D eigenvalue weighted by molar-refractivity contribution is -0.0189. The van der Waals surface area contributed by atoms with Gasteiger partial charge in [-0.05, 0) is 75.6 Å². The Kier molecular flexibility index (Phi) is 5.52. The number of cyclic esters (lactones) is 1. The lowest BCUT2D eigenvalue weighted by Gasteiger charge is -2.36. The van der Waals surface area contributed by atoms with Crippen LogP contribution in [0.25, 0.3) is 10.8 Å². The summed E-state index contributed by atoms with van der Waals surface area (Å²) >= 11 is 0. The van der Waals surface area contributed by atoms with E-state index in [9.17, 15) is 4.79 Å². The van der Waals surface area contributed by atoms with Gasteiger partial charge >= 0.3 is 5.97 Å². The van der Waals surface area contributed by atoms with Crippen LogP contribution in [0.2, 0.25) is 0 Å². The SMILES string of the molecule is CC(C)C(C)(N)c1cnc(OC2(C)CC2)c2cnc(Nc3ccc4c(n3)[C@@H](C)C(C)(C)OC4=O)cc12. The normalized spacial score (nSPS) is 21.5. The second-order valence-corrected chi connectivity index (χ2v) is 11.6. The maximum Gasteiger partial charge on any atom is 0.340 e. The minimum Gasteiger partial charge on any atom is -0.471 e. The minimum atomic E-state index is -0.629. The maximum atomic E-state index is 12.5. The van der Waals surface area contributed by atoms with Crippen LogP contribution in [0.5, 0.6) is 5.88 Å². The molecule has 8 nitrogen and oxygen atoms in total. The van der Waals surface area contributed by atoms with Crippen molar-refractivity contribution in [2.45, 2.75) is 84.0 Å². The first kappa shape index (κ1) is 24.4. The van der Waals surface area contributed by atoms with Crippen molar-refractivity contribution < 1.29 is 14.3 Å². The first-order valence-corrected chi connectivity index (χ1v) is 12.6. The highest BCUT2D eigenvalue weighted by molar-refractivity contribution is 5.93. The zero-order valence-electron chi connectivity index (χ0n) is 22.1. The van der Waals surface area contributed by atoms with Crippen molar-refractivity contribution in [3.05, 3.63) is 47.4 Å². The van der Waals surface area contributed by atoms with Crippen molar-refractivity contribution in [2.24, 2.45) is 11.7 Å². The molecule has 190 valence electrons. The van der Waals surface area contributed by atoms with Gasteiger partial charge in [-0.2, -0.15) is 0 Å². The number of ether oxygens (including phenoxy) is 2. The van der Waals surface area contributed by atoms with Gasteiger partial charge < -0.3 is 20.5 Å². The zero-order valence-corrected chi connectivity index (χ0v) is 22.1. The summed E-state index contributed by atoms with van der Waals surface area (Å²) in [5.41, 5.74) is 7.55. The van der Waals surface area contributed by atoms with Crippen LogP contribution in [-0.4, -0.2) is 32.1 Å². The van der Waals surface area contributed by atoms with Gasteiger partial charge in [-0.1, -0.05) is 20.8 Å². The number of hydrogen-bond acceptors (Lipinski definition) is 8. The van der Waals surface area contributed by atoms with Crippen LogP contribution >= 0.6 is 0 Å². The third kappa shape index (κ3) is 4.17. The first-order valence-electron chi connectivity index (χ1n) is 12.6. The first-order chi connectivity index (χ1) is 16.8. The van der Waals surface area contributed by atoms with E-state index in [1.54, 1.807) is 18.3 Å². The van der Waals surface area contributed by atoms with Crippen molar-refractivity contribution in [1.29, 1.82) is 0 Å². The second kappa shape index (κ2) is 8.13. The Morgan fingerprint density at radius 1 is 1.14 bits per heavy atom. The van der Waals surface area contributed by atoms with E-state index in [0.717, 1.165) is 34.9 Å². The fraction of sp³-hybridized carbons (Fsp3) is 0.500. The Morgan fingerprint density at radius 2 is 1.86 bits per heavy atom. The largest absolute Gasteiger partial charge is 0.471 e. The number of rotatable bonds is 6. The van der Waals surface area contributed by atoms with E-state index in [0.29, 0.717) is 23.1 Å². The van der Waals surface area contributed by atoms with Crippen molar-refractivity contribution in [3.8, 4) is 5.88 Å². The smallest absolute Gasteiger partial charge is 0.340 e. The summed E-state index contributed by atoms with van der Waals surface area (Å²) in [7, 11) is 0. The molecule has 1 saturated carbocycles. The van der Waals surface area contributed by atoms with Gasteiger partial charge in [-0.25, -0.2) is 19.7 Å². The van der Waals surface area contributed by atoms with Crippen LogP contribution in [0.3, 0.4) is 0 Å². The summed E-state index contributed by atoms with van der Waals surface area (Å²) < 4.78 is 11.8. The summed E-state index contributed by atoms with van der Waals surface area (Å²) in [5.74, 6) is 1.59. The molecule has 0 amide bonds. The van der Waals surface area contributed by atoms with Gasteiger partial charge in [0.25, 0.3) is 0 Å². The Labute approximate surface area is 212 Å². The molecular formula is C28H35N5O3. The molecule has 4 heterocycles. The third-order valence-corrected chi connectivity index (χ3v) is 8.02. The fourth-order valence-corrected chi connectivity index (χ4v) is 4.40. The van der Waals surface area contributed by atoms with E-state index >= 15 is 0 Å². The highest BCUT2D eigenvalue weighted by Crippen LogP contribution is 2.43. The third-order valence-electron chi connectivity index (χ3n) is 8.02. The molecule has 8 heteroatoms. The minimum absolute atomic E-state index is 0.0540. The van der Waals surface area contributed by atoms with Crippen molar-refractivity contribution in [3.63, 3.8) is 0 Å². The summed E-state index contributed by atoms with van der Waals surface area (Å²) in [5, 5.41) is 5.10. The van der Waals surface area contributed by atoms with Crippen LogP contribution in [0.1, 0.15) is 88.8 Å². The topological polar surface area (TPSA) is 112 Å². The molecule has 0 aromatic carbocycles. The fourth-order valence-electron chi connectivity index (χ4n) is 4.40. The van der Waals surface area contributed by atoms with Crippen molar-refractivity contribution >= 4 is 28.4 Å². The van der Waals surface area contributed by atoms with Crippen molar-refractivity contribution in [1.82, 2.24) is 15.0 Å². The molecule has 0 saturated heterocycles. The number of pyridine rings is 3. The summed E-state index contributed by atoms with van der Waals surface area (Å²) in [4.78, 5) is 26.5. The molecule has 2 aliphatic rings. The van der Waals surface area contributed by atoms with Gasteiger partial charge in [0.15, 0.2) is 0 Å². The predicted octanol–water partition coefficient (Wildman–Crippen LogP) is 5.58. The maximum absolute atomic E-state index is 12.5. The number of carbonyl (C=O) groups excluding carboxylic acids is 1. The lowest BCUT2D eigenvalue weighted by Crippen LogP contribution is -2.39. The number of nitrogens with two attached hydrogens (primary N) is 1. The Hall–Kier alpha value is -3.26. The number of carbonyl (C=O) groups is 1. The quantitative estimate of drug-likeness (QED) is 0.431. The monoisotopic (exact) mass is 489 g/mol. The van der Waals surface area contributed by atoms with E-state index in [4.69, 9.17) is 20.2 Å². The van der Waals surface area contributed by atoms with Gasteiger partial charge in [0.1, 0.15) is 22.8 Å². The number of anilines is 2. The van der Waals surface area contributed by atoms with E-state index in [1.165, 1.54) is 0 Å². The summed E-state index contributed by atoms with van der Waals surface area (Å²) in [6.07, 6.45) is 5.64. The van der Waals surface area contributed by atoms with Crippen LogP contribution in [0.15, 0.2) is 30.6 Å². The molecule has 3 N–H and O–H groups in total. The highest BCUT2D eigenvalue weighted by Gasteiger charge is 2.42. The van der Waals surface area contributed by atoms with Crippen LogP contribution < -0.4 is 15.8 Å². The van der Waals surface area contributed by atoms with Crippen LogP contribution in [-0.2, 0) is 10.3 Å². The number of esters is 1. The molecule has 1 fully saturated rings. The number of nitrogens with zero attached hydrogens (tertiary/aromatic N) is 3. The van der Waals surface area contributed by atoms with Crippen LogP contribution in [0, 0.1) is 5.92 Å². The van der Waals surface area contributed by atoms with E-state index in [2.05, 4.69) is 36.1 Å². The average Bonchev–Trinajstić information content (AvgIpc) is 3.53. The van der Waals surface area contributed by atoms with Crippen LogP contribution in [0.4, 0.5) is 11.6 Å². The van der Waals surface area contributed by atoms with E-state index < -0.39 is 11.1 Å².